The average molecular weight is 267 g/mol. The molecule has 1 rings (SSSR count). The first kappa shape index (κ1) is 14.8. The number of anilines is 1. The van der Waals surface area contributed by atoms with E-state index in [2.05, 4.69) is 32.2 Å². The molecule has 98 valence electrons. The minimum atomic E-state index is -0.0161. The maximum atomic E-state index is 9.13. The molecular weight excluding hydrogens is 248 g/mol. The van der Waals surface area contributed by atoms with Crippen LogP contribution in [0.25, 0.3) is 0 Å². The molecule has 1 aromatic rings. The van der Waals surface area contributed by atoms with Crippen molar-refractivity contribution in [2.75, 3.05) is 11.9 Å². The number of hydrogen-bond donors (Lipinski definition) is 2. The Labute approximate surface area is 113 Å². The third-order valence-electron chi connectivity index (χ3n) is 2.92. The highest BCUT2D eigenvalue weighted by Crippen LogP contribution is 2.29. The van der Waals surface area contributed by atoms with Gasteiger partial charge in [-0.2, -0.15) is 5.26 Å². The molecule has 0 aromatic heterocycles. The Morgan fingerprint density at radius 3 is 2.61 bits per heavy atom. The first-order chi connectivity index (χ1) is 8.40. The Hall–Kier alpha value is -1.24. The van der Waals surface area contributed by atoms with Crippen molar-refractivity contribution in [2.24, 2.45) is 5.41 Å². The lowest BCUT2D eigenvalue weighted by molar-refractivity contribution is 0.235. The second kappa shape index (κ2) is 6.08. The van der Waals surface area contributed by atoms with Gasteiger partial charge in [-0.25, -0.2) is 0 Å². The summed E-state index contributed by atoms with van der Waals surface area (Å²) in [5.74, 6) is 0. The van der Waals surface area contributed by atoms with Gasteiger partial charge in [-0.1, -0.05) is 38.4 Å². The number of hydrogen-bond acceptors (Lipinski definition) is 3. The zero-order valence-electron chi connectivity index (χ0n) is 11.0. The first-order valence-electron chi connectivity index (χ1n) is 5.96. The maximum absolute atomic E-state index is 9.13. The molecule has 3 nitrogen and oxygen atoms in total. The van der Waals surface area contributed by atoms with Crippen LogP contribution in [0.1, 0.15) is 32.8 Å². The van der Waals surface area contributed by atoms with Crippen LogP contribution in [0.2, 0.25) is 5.02 Å². The van der Waals surface area contributed by atoms with E-state index in [1.807, 2.05) is 12.1 Å². The number of nitrogens with zero attached hydrogens (tertiary/aromatic N) is 1. The summed E-state index contributed by atoms with van der Waals surface area (Å²) in [7, 11) is 0. The highest BCUT2D eigenvalue weighted by molar-refractivity contribution is 6.32. The molecule has 0 radical (unpaired) electrons. The SMILES string of the molecule is CC(C)(C)C(CCO)Nc1cccc(Cl)c1C#N. The van der Waals surface area contributed by atoms with Crippen LogP contribution in [0.4, 0.5) is 5.69 Å². The Morgan fingerprint density at radius 1 is 1.44 bits per heavy atom. The first-order valence-corrected chi connectivity index (χ1v) is 6.34. The van der Waals surface area contributed by atoms with E-state index in [0.29, 0.717) is 17.0 Å². The summed E-state index contributed by atoms with van der Waals surface area (Å²) in [4.78, 5) is 0. The van der Waals surface area contributed by atoms with E-state index in [0.717, 1.165) is 5.69 Å². The van der Waals surface area contributed by atoms with Gasteiger partial charge in [0.15, 0.2) is 0 Å². The van der Waals surface area contributed by atoms with Gasteiger partial charge >= 0.3 is 0 Å². The van der Waals surface area contributed by atoms with E-state index >= 15 is 0 Å². The lowest BCUT2D eigenvalue weighted by Crippen LogP contribution is -2.35. The van der Waals surface area contributed by atoms with E-state index < -0.39 is 0 Å². The van der Waals surface area contributed by atoms with Crippen LogP contribution in [0, 0.1) is 16.7 Å². The second-order valence-corrected chi connectivity index (χ2v) is 5.76. The molecule has 1 unspecified atom stereocenters. The van der Waals surface area contributed by atoms with Gasteiger partial charge < -0.3 is 10.4 Å². The summed E-state index contributed by atoms with van der Waals surface area (Å²) < 4.78 is 0. The van der Waals surface area contributed by atoms with Crippen molar-refractivity contribution in [2.45, 2.75) is 33.2 Å². The zero-order valence-corrected chi connectivity index (χ0v) is 11.8. The number of nitrogens with one attached hydrogen (secondary N) is 1. The van der Waals surface area contributed by atoms with E-state index in [4.69, 9.17) is 22.0 Å². The number of rotatable bonds is 4. The molecular formula is C14H19ClN2O. The Morgan fingerprint density at radius 2 is 2.11 bits per heavy atom. The maximum Gasteiger partial charge on any atom is 0.103 e. The van der Waals surface area contributed by atoms with Gasteiger partial charge in [-0.3, -0.25) is 0 Å². The third kappa shape index (κ3) is 3.63. The predicted molar refractivity (Wildman–Crippen MR) is 74.7 cm³/mol. The Balaban J connectivity index is 3.02. The molecule has 1 aromatic carbocycles. The summed E-state index contributed by atoms with van der Waals surface area (Å²) in [6, 6.07) is 7.52. The summed E-state index contributed by atoms with van der Waals surface area (Å²) in [6.45, 7) is 6.39. The molecule has 0 bridgehead atoms. The van der Waals surface area contributed by atoms with Crippen LogP contribution in [-0.2, 0) is 0 Å². The largest absolute Gasteiger partial charge is 0.396 e. The van der Waals surface area contributed by atoms with Crippen LogP contribution >= 0.6 is 11.6 Å². The number of aliphatic hydroxyl groups excluding tert-OH is 1. The smallest absolute Gasteiger partial charge is 0.103 e. The monoisotopic (exact) mass is 266 g/mol. The van der Waals surface area contributed by atoms with Crippen molar-refractivity contribution < 1.29 is 5.11 Å². The van der Waals surface area contributed by atoms with Crippen molar-refractivity contribution in [3.05, 3.63) is 28.8 Å². The number of benzene rings is 1. The molecule has 0 saturated carbocycles. The fraction of sp³-hybridized carbons (Fsp3) is 0.500. The minimum Gasteiger partial charge on any atom is -0.396 e. The van der Waals surface area contributed by atoms with Crippen LogP contribution < -0.4 is 5.32 Å². The molecule has 18 heavy (non-hydrogen) atoms. The third-order valence-corrected chi connectivity index (χ3v) is 3.23. The lowest BCUT2D eigenvalue weighted by Gasteiger charge is -2.32. The van der Waals surface area contributed by atoms with Gasteiger partial charge in [0.25, 0.3) is 0 Å². The van der Waals surface area contributed by atoms with Gasteiger partial charge in [0, 0.05) is 12.6 Å². The molecule has 0 amide bonds. The van der Waals surface area contributed by atoms with Gasteiger partial charge in [0.2, 0.25) is 0 Å². The molecule has 0 aliphatic heterocycles. The number of nitriles is 1. The summed E-state index contributed by atoms with van der Waals surface area (Å²) in [5, 5.41) is 22.0. The number of aliphatic hydroxyl groups is 1. The van der Waals surface area contributed by atoms with Gasteiger partial charge in [0.1, 0.15) is 6.07 Å². The fourth-order valence-electron chi connectivity index (χ4n) is 1.80. The van der Waals surface area contributed by atoms with E-state index in [1.54, 1.807) is 6.07 Å². The topological polar surface area (TPSA) is 56.0 Å². The van der Waals surface area contributed by atoms with Crippen molar-refractivity contribution in [1.82, 2.24) is 0 Å². The van der Waals surface area contributed by atoms with E-state index in [9.17, 15) is 0 Å². The Kier molecular flexibility index (Phi) is 5.01. The van der Waals surface area contributed by atoms with Crippen molar-refractivity contribution in [3.63, 3.8) is 0 Å². The average Bonchev–Trinajstić information content (AvgIpc) is 2.27. The van der Waals surface area contributed by atoms with E-state index in [1.165, 1.54) is 0 Å². The van der Waals surface area contributed by atoms with Gasteiger partial charge in [-0.05, 0) is 24.0 Å². The number of halogens is 1. The van der Waals surface area contributed by atoms with Crippen molar-refractivity contribution in [3.8, 4) is 6.07 Å². The molecule has 0 spiro atoms. The molecule has 4 heteroatoms. The van der Waals surface area contributed by atoms with Gasteiger partial charge in [0.05, 0.1) is 16.3 Å². The normalized spacial score (nSPS) is 12.9. The molecule has 0 aliphatic rings. The van der Waals surface area contributed by atoms with Crippen LogP contribution in [0.15, 0.2) is 18.2 Å². The molecule has 0 heterocycles. The second-order valence-electron chi connectivity index (χ2n) is 5.35. The standard InChI is InChI=1S/C14H19ClN2O/c1-14(2,3)13(7-8-18)17-12-6-4-5-11(15)10(12)9-16/h4-6,13,17-18H,7-8H2,1-3H3. The molecule has 1 atom stereocenters. The van der Waals surface area contributed by atoms with E-state index in [-0.39, 0.29) is 18.1 Å². The summed E-state index contributed by atoms with van der Waals surface area (Å²) in [6.07, 6.45) is 0.626. The highest BCUT2D eigenvalue weighted by atomic mass is 35.5. The van der Waals surface area contributed by atoms with Crippen LogP contribution in [-0.4, -0.2) is 17.8 Å². The van der Waals surface area contributed by atoms with Gasteiger partial charge in [-0.15, -0.1) is 0 Å². The molecule has 2 N–H and O–H groups in total. The molecule has 0 fully saturated rings. The minimum absolute atomic E-state index is 0.0161. The quantitative estimate of drug-likeness (QED) is 0.878. The van der Waals surface area contributed by atoms with Crippen molar-refractivity contribution in [1.29, 1.82) is 5.26 Å². The van der Waals surface area contributed by atoms with Crippen LogP contribution in [0.5, 0.6) is 0 Å². The summed E-state index contributed by atoms with van der Waals surface area (Å²) >= 11 is 5.99. The zero-order chi connectivity index (χ0) is 13.8. The molecule has 0 aliphatic carbocycles. The van der Waals surface area contributed by atoms with Crippen LogP contribution in [0.3, 0.4) is 0 Å². The Bertz CT molecular complexity index is 446. The lowest BCUT2D eigenvalue weighted by atomic mass is 9.84. The highest BCUT2D eigenvalue weighted by Gasteiger charge is 2.24. The predicted octanol–water partition coefficient (Wildman–Crippen LogP) is 3.42. The molecule has 0 saturated heterocycles. The fourth-order valence-corrected chi connectivity index (χ4v) is 2.01. The van der Waals surface area contributed by atoms with Crippen molar-refractivity contribution >= 4 is 17.3 Å². The summed E-state index contributed by atoms with van der Waals surface area (Å²) in [5.41, 5.74) is 1.15.